The van der Waals surface area contributed by atoms with Crippen LogP contribution in [0.5, 0.6) is 0 Å². The van der Waals surface area contributed by atoms with Crippen molar-refractivity contribution in [1.82, 2.24) is 9.88 Å². The molecule has 0 N–H and O–H groups in total. The standard InChI is InChI=1S/C21H28N4O/c1-3-26-23-20(19-9-5-4-6-10-19)11-13-24-14-16-25(17-15-24)21-18(2)8-7-12-22-21/h4-10,12H,3,11,13-17H2,1-2H3/b23-20-. The third-order valence-electron chi connectivity index (χ3n) is 4.73. The smallest absolute Gasteiger partial charge is 0.131 e. The van der Waals surface area contributed by atoms with Gasteiger partial charge in [0, 0.05) is 45.3 Å². The molecule has 0 radical (unpaired) electrons. The van der Waals surface area contributed by atoms with Crippen LogP contribution >= 0.6 is 0 Å². The highest BCUT2D eigenvalue weighted by atomic mass is 16.6. The van der Waals surface area contributed by atoms with Crippen LogP contribution in [0.4, 0.5) is 5.82 Å². The van der Waals surface area contributed by atoms with Crippen LogP contribution in [0.15, 0.2) is 53.8 Å². The zero-order valence-corrected chi connectivity index (χ0v) is 15.8. The van der Waals surface area contributed by atoms with E-state index in [9.17, 15) is 0 Å². The Balaban J connectivity index is 1.54. The lowest BCUT2D eigenvalue weighted by molar-refractivity contribution is 0.157. The minimum Gasteiger partial charge on any atom is -0.396 e. The summed E-state index contributed by atoms with van der Waals surface area (Å²) in [5.74, 6) is 1.12. The molecule has 1 aliphatic heterocycles. The van der Waals surface area contributed by atoms with Gasteiger partial charge in [-0.1, -0.05) is 41.6 Å². The topological polar surface area (TPSA) is 41.0 Å². The highest BCUT2D eigenvalue weighted by Crippen LogP contribution is 2.18. The van der Waals surface area contributed by atoms with Crippen LogP contribution < -0.4 is 4.90 Å². The minimum atomic E-state index is 0.596. The maximum atomic E-state index is 5.33. The molecule has 0 unspecified atom stereocenters. The van der Waals surface area contributed by atoms with Crippen molar-refractivity contribution in [3.63, 3.8) is 0 Å². The van der Waals surface area contributed by atoms with Gasteiger partial charge in [-0.2, -0.15) is 0 Å². The first-order valence-corrected chi connectivity index (χ1v) is 9.41. The van der Waals surface area contributed by atoms with E-state index in [1.54, 1.807) is 0 Å². The van der Waals surface area contributed by atoms with E-state index in [0.29, 0.717) is 6.61 Å². The van der Waals surface area contributed by atoms with E-state index < -0.39 is 0 Å². The minimum absolute atomic E-state index is 0.596. The summed E-state index contributed by atoms with van der Waals surface area (Å²) in [6, 6.07) is 14.4. The van der Waals surface area contributed by atoms with Gasteiger partial charge in [-0.15, -0.1) is 0 Å². The Bertz CT molecular complexity index is 709. The van der Waals surface area contributed by atoms with Crippen LogP contribution in [0.2, 0.25) is 0 Å². The molecule has 0 saturated carbocycles. The summed E-state index contributed by atoms with van der Waals surface area (Å²) in [4.78, 5) is 14.8. The van der Waals surface area contributed by atoms with Crippen molar-refractivity contribution < 1.29 is 4.84 Å². The highest BCUT2D eigenvalue weighted by Gasteiger charge is 2.19. The van der Waals surface area contributed by atoms with Crippen molar-refractivity contribution in [3.05, 3.63) is 59.8 Å². The van der Waals surface area contributed by atoms with Gasteiger partial charge >= 0.3 is 0 Å². The summed E-state index contributed by atoms with van der Waals surface area (Å²) in [6.45, 7) is 9.81. The van der Waals surface area contributed by atoms with Crippen molar-refractivity contribution in [1.29, 1.82) is 0 Å². The Kier molecular flexibility index (Phi) is 6.61. The zero-order chi connectivity index (χ0) is 18.2. The Labute approximate surface area is 156 Å². The molecule has 0 bridgehead atoms. The number of aryl methyl sites for hydroxylation is 1. The molecule has 0 spiro atoms. The molecule has 0 aliphatic carbocycles. The Morgan fingerprint density at radius 2 is 1.85 bits per heavy atom. The monoisotopic (exact) mass is 352 g/mol. The molecule has 26 heavy (non-hydrogen) atoms. The van der Waals surface area contributed by atoms with Crippen LogP contribution in [-0.4, -0.2) is 54.9 Å². The van der Waals surface area contributed by atoms with Crippen molar-refractivity contribution in [2.75, 3.05) is 44.2 Å². The molecular weight excluding hydrogens is 324 g/mol. The second-order valence-corrected chi connectivity index (χ2v) is 6.54. The highest BCUT2D eigenvalue weighted by molar-refractivity contribution is 6.00. The average molecular weight is 352 g/mol. The maximum Gasteiger partial charge on any atom is 0.131 e. The summed E-state index contributed by atoms with van der Waals surface area (Å²) < 4.78 is 0. The SMILES string of the molecule is CCO/N=C(/CCN1CCN(c2ncccc2C)CC1)c1ccccc1. The number of oxime groups is 1. The third-order valence-corrected chi connectivity index (χ3v) is 4.73. The molecule has 1 aromatic carbocycles. The molecule has 1 aliphatic rings. The lowest BCUT2D eigenvalue weighted by Gasteiger charge is -2.36. The fourth-order valence-electron chi connectivity index (χ4n) is 3.27. The summed E-state index contributed by atoms with van der Waals surface area (Å²) >= 11 is 0. The lowest BCUT2D eigenvalue weighted by Crippen LogP contribution is -2.47. The van der Waals surface area contributed by atoms with E-state index in [2.05, 4.69) is 45.1 Å². The van der Waals surface area contributed by atoms with Gasteiger partial charge in [0.25, 0.3) is 0 Å². The number of pyridine rings is 1. The molecule has 2 heterocycles. The quantitative estimate of drug-likeness (QED) is 0.566. The Morgan fingerprint density at radius 3 is 2.54 bits per heavy atom. The summed E-state index contributed by atoms with van der Waals surface area (Å²) in [7, 11) is 0. The zero-order valence-electron chi connectivity index (χ0n) is 15.8. The van der Waals surface area contributed by atoms with Gasteiger partial charge in [-0.25, -0.2) is 4.98 Å². The molecule has 1 fully saturated rings. The van der Waals surface area contributed by atoms with Gasteiger partial charge < -0.3 is 9.74 Å². The van der Waals surface area contributed by atoms with E-state index in [4.69, 9.17) is 4.84 Å². The number of hydrogen-bond acceptors (Lipinski definition) is 5. The van der Waals surface area contributed by atoms with Crippen molar-refractivity contribution in [2.24, 2.45) is 5.16 Å². The first-order chi connectivity index (χ1) is 12.8. The summed E-state index contributed by atoms with van der Waals surface area (Å²) in [6.07, 6.45) is 2.78. The Hall–Kier alpha value is -2.40. The third kappa shape index (κ3) is 4.82. The number of anilines is 1. The molecule has 3 rings (SSSR count). The van der Waals surface area contributed by atoms with Gasteiger partial charge in [-0.3, -0.25) is 4.90 Å². The fourth-order valence-corrected chi connectivity index (χ4v) is 3.27. The number of piperazine rings is 1. The van der Waals surface area contributed by atoms with Gasteiger partial charge in [0.15, 0.2) is 0 Å². The Morgan fingerprint density at radius 1 is 1.08 bits per heavy atom. The normalized spacial score (nSPS) is 15.9. The maximum absolute atomic E-state index is 5.33. The van der Waals surface area contributed by atoms with E-state index >= 15 is 0 Å². The molecule has 1 saturated heterocycles. The van der Waals surface area contributed by atoms with E-state index in [1.165, 1.54) is 5.56 Å². The second-order valence-electron chi connectivity index (χ2n) is 6.54. The van der Waals surface area contributed by atoms with Crippen LogP contribution in [0.3, 0.4) is 0 Å². The molecule has 1 aromatic heterocycles. The van der Waals surface area contributed by atoms with Crippen LogP contribution in [-0.2, 0) is 4.84 Å². The first kappa shape index (κ1) is 18.4. The number of rotatable bonds is 7. The summed E-state index contributed by atoms with van der Waals surface area (Å²) in [5.41, 5.74) is 3.41. The largest absolute Gasteiger partial charge is 0.396 e. The molecule has 2 aromatic rings. The summed E-state index contributed by atoms with van der Waals surface area (Å²) in [5, 5.41) is 4.34. The van der Waals surface area contributed by atoms with Gasteiger partial charge in [0.05, 0.1) is 5.71 Å². The number of nitrogens with zero attached hydrogens (tertiary/aromatic N) is 4. The van der Waals surface area contributed by atoms with Crippen LogP contribution in [0.25, 0.3) is 0 Å². The second kappa shape index (κ2) is 9.34. The van der Waals surface area contributed by atoms with Gasteiger partial charge in [0.2, 0.25) is 0 Å². The number of hydrogen-bond donors (Lipinski definition) is 0. The lowest BCUT2D eigenvalue weighted by atomic mass is 10.1. The van der Waals surface area contributed by atoms with E-state index in [0.717, 1.165) is 56.2 Å². The molecular formula is C21H28N4O. The molecule has 5 heteroatoms. The van der Waals surface area contributed by atoms with Crippen molar-refractivity contribution in [3.8, 4) is 0 Å². The predicted molar refractivity (Wildman–Crippen MR) is 107 cm³/mol. The van der Waals surface area contributed by atoms with Crippen molar-refractivity contribution >= 4 is 11.5 Å². The molecule has 0 amide bonds. The molecule has 0 atom stereocenters. The molecule has 138 valence electrons. The first-order valence-electron chi connectivity index (χ1n) is 9.41. The van der Waals surface area contributed by atoms with E-state index in [-0.39, 0.29) is 0 Å². The predicted octanol–water partition coefficient (Wildman–Crippen LogP) is 3.34. The fraction of sp³-hybridized carbons (Fsp3) is 0.429. The number of benzene rings is 1. The molecule has 5 nitrogen and oxygen atoms in total. The average Bonchev–Trinajstić information content (AvgIpc) is 2.70. The van der Waals surface area contributed by atoms with Crippen LogP contribution in [0.1, 0.15) is 24.5 Å². The van der Waals surface area contributed by atoms with E-state index in [1.807, 2.05) is 37.4 Å². The van der Waals surface area contributed by atoms with Gasteiger partial charge in [0.1, 0.15) is 12.4 Å². The van der Waals surface area contributed by atoms with Crippen LogP contribution in [0, 0.1) is 6.92 Å². The number of aromatic nitrogens is 1. The van der Waals surface area contributed by atoms with Crippen molar-refractivity contribution in [2.45, 2.75) is 20.3 Å². The van der Waals surface area contributed by atoms with Gasteiger partial charge in [-0.05, 0) is 31.0 Å².